The molecule has 0 saturated heterocycles. The second-order valence-electron chi connectivity index (χ2n) is 7.51. The molecule has 0 unspecified atom stereocenters. The predicted octanol–water partition coefficient (Wildman–Crippen LogP) is 2.82. The van der Waals surface area contributed by atoms with Crippen molar-refractivity contribution in [3.63, 3.8) is 0 Å². The van der Waals surface area contributed by atoms with Crippen molar-refractivity contribution >= 4 is 28.3 Å². The molecule has 9 nitrogen and oxygen atoms in total. The van der Waals surface area contributed by atoms with E-state index < -0.39 is 0 Å². The molecule has 32 heavy (non-hydrogen) atoms. The van der Waals surface area contributed by atoms with Crippen molar-refractivity contribution < 1.29 is 23.8 Å². The molecule has 2 rings (SSSR count). The Labute approximate surface area is 193 Å². The standard InChI is InChI=1S/C22H32N4O5S/c1-14-15(2)32-22(23-14)24-19(27)13-26(10-8-9-25(3)4)21(28)16-11-17(29-5)20(31-7)18(12-16)30-6/h11-12H,8-10,13H2,1-7H3,(H,23,24,27). The van der Waals surface area contributed by atoms with Gasteiger partial charge in [0, 0.05) is 17.0 Å². The third-order valence-corrected chi connectivity index (χ3v) is 5.83. The maximum Gasteiger partial charge on any atom is 0.254 e. The van der Waals surface area contributed by atoms with Gasteiger partial charge in [-0.05, 0) is 53.0 Å². The lowest BCUT2D eigenvalue weighted by Crippen LogP contribution is -2.39. The van der Waals surface area contributed by atoms with Crippen molar-refractivity contribution in [1.29, 1.82) is 0 Å². The summed E-state index contributed by atoms with van der Waals surface area (Å²) in [7, 11) is 8.41. The number of thiazole rings is 1. The Morgan fingerprint density at radius 3 is 2.12 bits per heavy atom. The van der Waals surface area contributed by atoms with Gasteiger partial charge >= 0.3 is 0 Å². The summed E-state index contributed by atoms with van der Waals surface area (Å²) in [6, 6.07) is 3.18. The number of hydrogen-bond donors (Lipinski definition) is 1. The average Bonchev–Trinajstić information content (AvgIpc) is 3.07. The number of aryl methyl sites for hydroxylation is 2. The number of nitrogens with one attached hydrogen (secondary N) is 1. The van der Waals surface area contributed by atoms with Crippen LogP contribution in [0.25, 0.3) is 0 Å². The molecule has 0 spiro atoms. The molecule has 1 heterocycles. The molecule has 0 aliphatic carbocycles. The third kappa shape index (κ3) is 6.57. The Bertz CT molecular complexity index is 900. The van der Waals surface area contributed by atoms with Gasteiger partial charge in [0.2, 0.25) is 11.7 Å². The minimum atomic E-state index is -0.301. The Balaban J connectivity index is 2.26. The van der Waals surface area contributed by atoms with Gasteiger partial charge in [0.05, 0.1) is 27.0 Å². The molecule has 2 amide bonds. The van der Waals surface area contributed by atoms with Crippen LogP contribution in [-0.4, -0.2) is 81.7 Å². The summed E-state index contributed by atoms with van der Waals surface area (Å²) < 4.78 is 16.1. The molecule has 1 aromatic heterocycles. The van der Waals surface area contributed by atoms with Crippen molar-refractivity contribution in [2.24, 2.45) is 0 Å². The lowest BCUT2D eigenvalue weighted by atomic mass is 10.1. The van der Waals surface area contributed by atoms with E-state index in [1.54, 1.807) is 12.1 Å². The molecule has 176 valence electrons. The Morgan fingerprint density at radius 1 is 1.03 bits per heavy atom. The first kappa shape index (κ1) is 25.4. The van der Waals surface area contributed by atoms with Crippen molar-refractivity contribution in [2.75, 3.05) is 60.4 Å². The highest BCUT2D eigenvalue weighted by Crippen LogP contribution is 2.38. The second-order valence-corrected chi connectivity index (χ2v) is 8.71. The van der Waals surface area contributed by atoms with E-state index in [9.17, 15) is 9.59 Å². The molecule has 0 bridgehead atoms. The number of aromatic nitrogens is 1. The van der Waals surface area contributed by atoms with Gasteiger partial charge < -0.3 is 29.3 Å². The summed E-state index contributed by atoms with van der Waals surface area (Å²) in [5.41, 5.74) is 1.22. The summed E-state index contributed by atoms with van der Waals surface area (Å²) in [5, 5.41) is 3.32. The summed E-state index contributed by atoms with van der Waals surface area (Å²) in [6.07, 6.45) is 0.714. The summed E-state index contributed by atoms with van der Waals surface area (Å²) in [6.45, 7) is 4.94. The highest BCUT2D eigenvalue weighted by atomic mass is 32.1. The van der Waals surface area contributed by atoms with Crippen LogP contribution in [0.1, 0.15) is 27.3 Å². The molecular formula is C22H32N4O5S. The average molecular weight is 465 g/mol. The quantitative estimate of drug-likeness (QED) is 0.547. The van der Waals surface area contributed by atoms with Gasteiger partial charge in [-0.1, -0.05) is 0 Å². The Kier molecular flexibility index (Phi) is 9.27. The summed E-state index contributed by atoms with van der Waals surface area (Å²) in [5.74, 6) is 0.551. The minimum Gasteiger partial charge on any atom is -0.493 e. The lowest BCUT2D eigenvalue weighted by molar-refractivity contribution is -0.116. The predicted molar refractivity (Wildman–Crippen MR) is 125 cm³/mol. The number of rotatable bonds is 11. The smallest absolute Gasteiger partial charge is 0.254 e. The highest BCUT2D eigenvalue weighted by molar-refractivity contribution is 7.15. The molecular weight excluding hydrogens is 432 g/mol. The van der Waals surface area contributed by atoms with Crippen LogP contribution in [0.3, 0.4) is 0 Å². The molecule has 0 atom stereocenters. The van der Waals surface area contributed by atoms with Crippen molar-refractivity contribution in [3.05, 3.63) is 28.3 Å². The number of carbonyl (C=O) groups is 2. The van der Waals surface area contributed by atoms with E-state index in [0.29, 0.717) is 40.9 Å². The zero-order valence-electron chi connectivity index (χ0n) is 19.8. The Morgan fingerprint density at radius 2 is 1.66 bits per heavy atom. The van der Waals surface area contributed by atoms with E-state index in [4.69, 9.17) is 14.2 Å². The van der Waals surface area contributed by atoms with Crippen LogP contribution in [0.15, 0.2) is 12.1 Å². The molecule has 0 fully saturated rings. The van der Waals surface area contributed by atoms with Crippen LogP contribution in [-0.2, 0) is 4.79 Å². The fraction of sp³-hybridized carbons (Fsp3) is 0.500. The number of methoxy groups -OCH3 is 3. The van der Waals surface area contributed by atoms with E-state index in [2.05, 4.69) is 10.3 Å². The van der Waals surface area contributed by atoms with Crippen LogP contribution < -0.4 is 19.5 Å². The fourth-order valence-electron chi connectivity index (χ4n) is 3.08. The van der Waals surface area contributed by atoms with Crippen molar-refractivity contribution in [1.82, 2.24) is 14.8 Å². The largest absolute Gasteiger partial charge is 0.493 e. The van der Waals surface area contributed by atoms with Crippen LogP contribution in [0, 0.1) is 13.8 Å². The van der Waals surface area contributed by atoms with Crippen LogP contribution >= 0.6 is 11.3 Å². The first-order valence-corrected chi connectivity index (χ1v) is 11.0. The van der Waals surface area contributed by atoms with Gasteiger partial charge in [0.15, 0.2) is 16.6 Å². The first-order valence-electron chi connectivity index (χ1n) is 10.2. The summed E-state index contributed by atoms with van der Waals surface area (Å²) >= 11 is 1.41. The molecule has 10 heteroatoms. The van der Waals surface area contributed by atoms with Gasteiger partial charge in [-0.2, -0.15) is 0 Å². The topological polar surface area (TPSA) is 93.2 Å². The van der Waals surface area contributed by atoms with Crippen LogP contribution in [0.4, 0.5) is 5.13 Å². The number of ether oxygens (including phenoxy) is 3. The molecule has 0 aliphatic heterocycles. The van der Waals surface area contributed by atoms with Crippen LogP contribution in [0.2, 0.25) is 0 Å². The SMILES string of the molecule is COc1cc(C(=O)N(CCCN(C)C)CC(=O)Nc2nc(C)c(C)s2)cc(OC)c1OC. The summed E-state index contributed by atoms with van der Waals surface area (Å²) in [4.78, 5) is 35.0. The number of carbonyl (C=O) groups excluding carboxylic acids is 2. The van der Waals surface area contributed by atoms with E-state index in [0.717, 1.165) is 17.1 Å². The van der Waals surface area contributed by atoms with E-state index >= 15 is 0 Å². The number of benzene rings is 1. The maximum absolute atomic E-state index is 13.4. The van der Waals surface area contributed by atoms with E-state index in [1.165, 1.54) is 37.6 Å². The number of anilines is 1. The zero-order chi connectivity index (χ0) is 23.8. The molecule has 2 aromatic rings. The monoisotopic (exact) mass is 464 g/mol. The molecule has 0 aliphatic rings. The Hall–Kier alpha value is -2.85. The van der Waals surface area contributed by atoms with Crippen molar-refractivity contribution in [2.45, 2.75) is 20.3 Å². The second kappa shape index (κ2) is 11.7. The molecule has 1 N–H and O–H groups in total. The zero-order valence-corrected chi connectivity index (χ0v) is 20.6. The van der Waals surface area contributed by atoms with Crippen LogP contribution in [0.5, 0.6) is 17.2 Å². The highest BCUT2D eigenvalue weighted by Gasteiger charge is 2.23. The maximum atomic E-state index is 13.4. The normalized spacial score (nSPS) is 10.8. The van der Waals surface area contributed by atoms with Crippen molar-refractivity contribution in [3.8, 4) is 17.2 Å². The molecule has 0 radical (unpaired) electrons. The van der Waals surface area contributed by atoms with Gasteiger partial charge in [-0.15, -0.1) is 11.3 Å². The number of hydrogen-bond acceptors (Lipinski definition) is 8. The fourth-order valence-corrected chi connectivity index (χ4v) is 3.91. The number of amides is 2. The molecule has 1 aromatic carbocycles. The minimum absolute atomic E-state index is 0.0966. The lowest BCUT2D eigenvalue weighted by Gasteiger charge is -2.24. The van der Waals surface area contributed by atoms with Gasteiger partial charge in [0.25, 0.3) is 5.91 Å². The number of nitrogens with zero attached hydrogens (tertiary/aromatic N) is 3. The van der Waals surface area contributed by atoms with E-state index in [1.807, 2.05) is 32.8 Å². The first-order chi connectivity index (χ1) is 15.2. The van der Waals surface area contributed by atoms with Gasteiger partial charge in [-0.25, -0.2) is 4.98 Å². The molecule has 0 saturated carbocycles. The van der Waals surface area contributed by atoms with E-state index in [-0.39, 0.29) is 18.4 Å². The van der Waals surface area contributed by atoms with Gasteiger partial charge in [0.1, 0.15) is 6.54 Å². The third-order valence-electron chi connectivity index (χ3n) is 4.84. The van der Waals surface area contributed by atoms with Gasteiger partial charge in [-0.3, -0.25) is 9.59 Å².